The maximum absolute atomic E-state index is 9.97. The Morgan fingerprint density at radius 2 is 2.05 bits per heavy atom. The summed E-state index contributed by atoms with van der Waals surface area (Å²) in [6, 6.07) is 9.77. The number of rotatable bonds is 6. The summed E-state index contributed by atoms with van der Waals surface area (Å²) < 4.78 is 16.3. The molecule has 0 bridgehead atoms. The van der Waals surface area contributed by atoms with Gasteiger partial charge in [-0.05, 0) is 12.6 Å². The summed E-state index contributed by atoms with van der Waals surface area (Å²) in [4.78, 5) is 0. The van der Waals surface area contributed by atoms with Crippen LogP contribution in [0.5, 0.6) is 0 Å². The number of benzene rings is 1. The van der Waals surface area contributed by atoms with Gasteiger partial charge in [-0.2, -0.15) is 0 Å². The summed E-state index contributed by atoms with van der Waals surface area (Å²) in [6.07, 6.45) is -1.49. The van der Waals surface area contributed by atoms with Crippen LogP contribution in [0.15, 0.2) is 30.3 Å². The highest BCUT2D eigenvalue weighted by Crippen LogP contribution is 2.22. The summed E-state index contributed by atoms with van der Waals surface area (Å²) in [5.74, 6) is 0. The van der Waals surface area contributed by atoms with E-state index in [0.717, 1.165) is 5.56 Å². The molecule has 1 aliphatic heterocycles. The summed E-state index contributed by atoms with van der Waals surface area (Å²) in [7, 11) is 3.31. The standard InChI is InChI=1S/C14H21NO4/c1-15-12-11(19-14(17-2)13(12)16)9-18-8-10-6-4-3-5-7-10/h3-7,11-16H,8-9H2,1-2H3/t11-,12+,13+,14+/m0/s1. The minimum absolute atomic E-state index is 0.180. The average molecular weight is 267 g/mol. The summed E-state index contributed by atoms with van der Waals surface area (Å²) in [5, 5.41) is 13.0. The molecule has 0 spiro atoms. The quantitative estimate of drug-likeness (QED) is 0.787. The molecule has 1 fully saturated rings. The van der Waals surface area contributed by atoms with Crippen molar-refractivity contribution >= 4 is 0 Å². The third-order valence-electron chi connectivity index (χ3n) is 3.32. The van der Waals surface area contributed by atoms with Crippen LogP contribution in [0.25, 0.3) is 0 Å². The smallest absolute Gasteiger partial charge is 0.185 e. The first-order valence-corrected chi connectivity index (χ1v) is 6.41. The Hall–Kier alpha value is -0.980. The molecule has 0 unspecified atom stereocenters. The fourth-order valence-corrected chi connectivity index (χ4v) is 2.29. The van der Waals surface area contributed by atoms with Crippen LogP contribution in [0, 0.1) is 0 Å². The Morgan fingerprint density at radius 1 is 1.32 bits per heavy atom. The van der Waals surface area contributed by atoms with Gasteiger partial charge in [0.15, 0.2) is 6.29 Å². The van der Waals surface area contributed by atoms with Gasteiger partial charge in [-0.15, -0.1) is 0 Å². The molecule has 1 saturated heterocycles. The van der Waals surface area contributed by atoms with Gasteiger partial charge in [0.05, 0.1) is 19.3 Å². The van der Waals surface area contributed by atoms with Crippen LogP contribution in [0.2, 0.25) is 0 Å². The van der Waals surface area contributed by atoms with Gasteiger partial charge in [0, 0.05) is 7.11 Å². The molecule has 2 rings (SSSR count). The Kier molecular flexibility index (Phi) is 5.30. The molecule has 1 aromatic carbocycles. The third-order valence-corrected chi connectivity index (χ3v) is 3.32. The lowest BCUT2D eigenvalue weighted by Crippen LogP contribution is -2.44. The van der Waals surface area contributed by atoms with Gasteiger partial charge < -0.3 is 24.6 Å². The fourth-order valence-electron chi connectivity index (χ4n) is 2.29. The largest absolute Gasteiger partial charge is 0.386 e. The van der Waals surface area contributed by atoms with E-state index in [2.05, 4.69) is 5.32 Å². The molecule has 0 aromatic heterocycles. The van der Waals surface area contributed by atoms with Crippen molar-refractivity contribution in [3.05, 3.63) is 35.9 Å². The molecule has 0 aliphatic carbocycles. The zero-order valence-corrected chi connectivity index (χ0v) is 11.3. The van der Waals surface area contributed by atoms with E-state index in [1.165, 1.54) is 7.11 Å². The van der Waals surface area contributed by atoms with Crippen LogP contribution < -0.4 is 5.32 Å². The van der Waals surface area contributed by atoms with Gasteiger partial charge >= 0.3 is 0 Å². The molecule has 1 aliphatic rings. The molecule has 2 N–H and O–H groups in total. The van der Waals surface area contributed by atoms with Crippen molar-refractivity contribution in [1.82, 2.24) is 5.32 Å². The average Bonchev–Trinajstić information content (AvgIpc) is 2.75. The highest BCUT2D eigenvalue weighted by atomic mass is 16.7. The Morgan fingerprint density at radius 3 is 2.68 bits per heavy atom. The molecule has 5 heteroatoms. The Labute approximate surface area is 113 Å². The van der Waals surface area contributed by atoms with Gasteiger partial charge in [-0.25, -0.2) is 0 Å². The van der Waals surface area contributed by atoms with E-state index >= 15 is 0 Å². The first kappa shape index (κ1) is 14.4. The maximum Gasteiger partial charge on any atom is 0.185 e. The molecule has 0 saturated carbocycles. The van der Waals surface area contributed by atoms with Crippen LogP contribution in [-0.4, -0.2) is 50.4 Å². The van der Waals surface area contributed by atoms with Crippen LogP contribution in [-0.2, 0) is 20.8 Å². The maximum atomic E-state index is 9.97. The molecule has 1 heterocycles. The topological polar surface area (TPSA) is 60.0 Å². The van der Waals surface area contributed by atoms with E-state index in [1.54, 1.807) is 7.05 Å². The van der Waals surface area contributed by atoms with Crippen LogP contribution in [0.1, 0.15) is 5.56 Å². The van der Waals surface area contributed by atoms with Gasteiger partial charge in [0.2, 0.25) is 0 Å². The predicted octanol–water partition coefficient (Wildman–Crippen LogP) is 0.523. The molecular weight excluding hydrogens is 246 g/mol. The summed E-state index contributed by atoms with van der Waals surface area (Å²) in [5.41, 5.74) is 1.12. The molecule has 1 aromatic rings. The molecule has 19 heavy (non-hydrogen) atoms. The number of ether oxygens (including phenoxy) is 3. The van der Waals surface area contributed by atoms with Crippen molar-refractivity contribution in [3.8, 4) is 0 Å². The van der Waals surface area contributed by atoms with E-state index in [4.69, 9.17) is 14.2 Å². The predicted molar refractivity (Wildman–Crippen MR) is 70.6 cm³/mol. The van der Waals surface area contributed by atoms with Crippen molar-refractivity contribution in [3.63, 3.8) is 0 Å². The van der Waals surface area contributed by atoms with E-state index in [-0.39, 0.29) is 12.1 Å². The number of nitrogens with one attached hydrogen (secondary N) is 1. The SMILES string of the molecule is CN[C@H]1[C@@H](O)[C@H](OC)O[C@H]1COCc1ccccc1. The molecule has 5 nitrogen and oxygen atoms in total. The highest BCUT2D eigenvalue weighted by Gasteiger charge is 2.43. The van der Waals surface area contributed by atoms with Crippen molar-refractivity contribution in [2.24, 2.45) is 0 Å². The number of hydrogen-bond donors (Lipinski definition) is 2. The lowest BCUT2D eigenvalue weighted by atomic mass is 10.1. The molecule has 106 valence electrons. The second-order valence-electron chi connectivity index (χ2n) is 4.58. The zero-order chi connectivity index (χ0) is 13.7. The summed E-state index contributed by atoms with van der Waals surface area (Å²) >= 11 is 0. The van der Waals surface area contributed by atoms with Crippen LogP contribution >= 0.6 is 0 Å². The lowest BCUT2D eigenvalue weighted by molar-refractivity contribution is -0.156. The van der Waals surface area contributed by atoms with Gasteiger partial charge in [0.1, 0.15) is 12.2 Å². The lowest BCUT2D eigenvalue weighted by Gasteiger charge is -2.19. The van der Waals surface area contributed by atoms with Gasteiger partial charge in [0.25, 0.3) is 0 Å². The number of aliphatic hydroxyl groups excluding tert-OH is 1. The van der Waals surface area contributed by atoms with Crippen LogP contribution in [0.4, 0.5) is 0 Å². The molecule has 0 amide bonds. The van der Waals surface area contributed by atoms with Crippen molar-refractivity contribution < 1.29 is 19.3 Å². The number of methoxy groups -OCH3 is 1. The Balaban J connectivity index is 1.82. The monoisotopic (exact) mass is 267 g/mol. The Bertz CT molecular complexity index is 373. The first-order chi connectivity index (χ1) is 9.26. The van der Waals surface area contributed by atoms with E-state index in [0.29, 0.717) is 13.2 Å². The second-order valence-corrected chi connectivity index (χ2v) is 4.58. The van der Waals surface area contributed by atoms with Crippen LogP contribution in [0.3, 0.4) is 0 Å². The van der Waals surface area contributed by atoms with E-state index < -0.39 is 12.4 Å². The number of hydrogen-bond acceptors (Lipinski definition) is 5. The zero-order valence-electron chi connectivity index (χ0n) is 11.3. The number of likely N-dealkylation sites (N-methyl/N-ethyl adjacent to an activating group) is 1. The highest BCUT2D eigenvalue weighted by molar-refractivity contribution is 5.13. The molecule has 4 atom stereocenters. The number of aliphatic hydroxyl groups is 1. The fraction of sp³-hybridized carbons (Fsp3) is 0.571. The van der Waals surface area contributed by atoms with Gasteiger partial charge in [-0.3, -0.25) is 0 Å². The van der Waals surface area contributed by atoms with Crippen molar-refractivity contribution in [2.45, 2.75) is 31.1 Å². The van der Waals surface area contributed by atoms with E-state index in [1.807, 2.05) is 30.3 Å². The first-order valence-electron chi connectivity index (χ1n) is 6.41. The third kappa shape index (κ3) is 3.52. The minimum atomic E-state index is -0.680. The summed E-state index contributed by atoms with van der Waals surface area (Å²) in [6.45, 7) is 0.947. The van der Waals surface area contributed by atoms with E-state index in [9.17, 15) is 5.11 Å². The van der Waals surface area contributed by atoms with Crippen molar-refractivity contribution in [2.75, 3.05) is 20.8 Å². The minimum Gasteiger partial charge on any atom is -0.386 e. The molecular formula is C14H21NO4. The van der Waals surface area contributed by atoms with Gasteiger partial charge in [-0.1, -0.05) is 30.3 Å². The molecule has 0 radical (unpaired) electrons. The van der Waals surface area contributed by atoms with Crippen molar-refractivity contribution in [1.29, 1.82) is 0 Å². The normalized spacial score (nSPS) is 30.7. The second kappa shape index (κ2) is 6.98.